The fraction of sp³-hybridized carbons (Fsp3) is 0.769. The number of rotatable bonds is 6. The van der Waals surface area contributed by atoms with E-state index in [0.29, 0.717) is 0 Å². The molecule has 2 amide bonds. The largest absolute Gasteiger partial charge is 0.348 e. The van der Waals surface area contributed by atoms with E-state index in [1.54, 1.807) is 33.0 Å². The molecule has 0 aromatic heterocycles. The van der Waals surface area contributed by atoms with Crippen molar-refractivity contribution in [1.29, 1.82) is 5.26 Å². The van der Waals surface area contributed by atoms with Gasteiger partial charge in [0, 0.05) is 14.1 Å². The summed E-state index contributed by atoms with van der Waals surface area (Å²) in [5, 5.41) is 11.8. The van der Waals surface area contributed by atoms with Gasteiger partial charge in [0.25, 0.3) is 0 Å². The monoisotopic (exact) mass is 268 g/mol. The van der Waals surface area contributed by atoms with Crippen LogP contribution in [-0.4, -0.2) is 61.4 Å². The number of carbonyl (C=O) groups is 2. The first-order valence-electron chi connectivity index (χ1n) is 6.23. The molecule has 6 heteroatoms. The van der Waals surface area contributed by atoms with E-state index in [1.807, 2.05) is 13.8 Å². The fourth-order valence-electron chi connectivity index (χ4n) is 1.30. The second kappa shape index (κ2) is 7.10. The molecule has 1 N–H and O–H groups in total. The Labute approximate surface area is 115 Å². The minimum Gasteiger partial charge on any atom is -0.348 e. The van der Waals surface area contributed by atoms with E-state index < -0.39 is 5.54 Å². The molecular weight excluding hydrogens is 244 g/mol. The molecule has 0 bridgehead atoms. The van der Waals surface area contributed by atoms with Gasteiger partial charge >= 0.3 is 0 Å². The molecule has 0 fully saturated rings. The van der Waals surface area contributed by atoms with Crippen LogP contribution in [0.4, 0.5) is 0 Å². The van der Waals surface area contributed by atoms with Gasteiger partial charge in [-0.05, 0) is 19.9 Å². The molecule has 108 valence electrons. The Kier molecular flexibility index (Phi) is 6.49. The third-order valence-corrected chi connectivity index (χ3v) is 3.10. The van der Waals surface area contributed by atoms with Crippen molar-refractivity contribution < 1.29 is 9.59 Å². The minimum absolute atomic E-state index is 0.00941. The molecule has 0 spiro atoms. The number of hydrogen-bond donors (Lipinski definition) is 1. The van der Waals surface area contributed by atoms with Gasteiger partial charge < -0.3 is 10.2 Å². The van der Waals surface area contributed by atoms with Gasteiger partial charge in [-0.2, -0.15) is 5.26 Å². The van der Waals surface area contributed by atoms with E-state index in [2.05, 4.69) is 11.4 Å². The molecule has 0 aliphatic heterocycles. The maximum absolute atomic E-state index is 11.9. The van der Waals surface area contributed by atoms with Crippen LogP contribution < -0.4 is 5.32 Å². The number of carbonyl (C=O) groups excluding carboxylic acids is 2. The van der Waals surface area contributed by atoms with Crippen LogP contribution in [0.3, 0.4) is 0 Å². The molecule has 0 radical (unpaired) electrons. The van der Waals surface area contributed by atoms with Crippen molar-refractivity contribution in [1.82, 2.24) is 15.1 Å². The van der Waals surface area contributed by atoms with Crippen molar-refractivity contribution in [3.05, 3.63) is 0 Å². The van der Waals surface area contributed by atoms with Gasteiger partial charge in [0.15, 0.2) is 0 Å². The molecule has 0 heterocycles. The molecule has 0 aliphatic carbocycles. The number of hydrogen-bond acceptors (Lipinski definition) is 4. The summed E-state index contributed by atoms with van der Waals surface area (Å²) in [7, 11) is 5.03. The normalized spacial score (nSPS) is 13.8. The van der Waals surface area contributed by atoms with Crippen molar-refractivity contribution in [2.45, 2.75) is 26.3 Å². The maximum Gasteiger partial charge on any atom is 0.236 e. The lowest BCUT2D eigenvalue weighted by Crippen LogP contribution is -2.52. The van der Waals surface area contributed by atoms with Crippen molar-refractivity contribution in [2.75, 3.05) is 34.2 Å². The molecule has 6 nitrogen and oxygen atoms in total. The quantitative estimate of drug-likeness (QED) is 0.739. The van der Waals surface area contributed by atoms with Gasteiger partial charge in [-0.1, -0.05) is 13.8 Å². The molecule has 0 aromatic carbocycles. The van der Waals surface area contributed by atoms with E-state index in [0.717, 1.165) is 0 Å². The molecule has 0 saturated heterocycles. The van der Waals surface area contributed by atoms with E-state index >= 15 is 0 Å². The summed E-state index contributed by atoms with van der Waals surface area (Å²) in [5.74, 6) is -0.316. The van der Waals surface area contributed by atoms with E-state index in [-0.39, 0.29) is 30.8 Å². The predicted molar refractivity (Wildman–Crippen MR) is 73.2 cm³/mol. The summed E-state index contributed by atoms with van der Waals surface area (Å²) < 4.78 is 0. The zero-order chi connectivity index (χ0) is 15.2. The van der Waals surface area contributed by atoms with Crippen LogP contribution in [0.2, 0.25) is 0 Å². The Morgan fingerprint density at radius 2 is 1.79 bits per heavy atom. The average molecular weight is 268 g/mol. The molecule has 0 aromatic rings. The third-order valence-electron chi connectivity index (χ3n) is 3.10. The Morgan fingerprint density at radius 3 is 2.16 bits per heavy atom. The summed E-state index contributed by atoms with van der Waals surface area (Å²) >= 11 is 0. The van der Waals surface area contributed by atoms with Crippen LogP contribution in [0.15, 0.2) is 0 Å². The zero-order valence-electron chi connectivity index (χ0n) is 12.6. The summed E-state index contributed by atoms with van der Waals surface area (Å²) in [4.78, 5) is 26.4. The molecule has 1 unspecified atom stereocenters. The number of nitrogens with zero attached hydrogens (tertiary/aromatic N) is 3. The molecule has 0 aliphatic rings. The lowest BCUT2D eigenvalue weighted by Gasteiger charge is -2.28. The van der Waals surface area contributed by atoms with E-state index in [9.17, 15) is 9.59 Å². The second-order valence-corrected chi connectivity index (χ2v) is 5.48. The van der Waals surface area contributed by atoms with Gasteiger partial charge in [-0.3, -0.25) is 14.5 Å². The number of nitrogens with one attached hydrogen (secondary N) is 1. The smallest absolute Gasteiger partial charge is 0.236 e. The summed E-state index contributed by atoms with van der Waals surface area (Å²) in [6.07, 6.45) is 0. The lowest BCUT2D eigenvalue weighted by atomic mass is 9.90. The molecular formula is C13H24N4O2. The van der Waals surface area contributed by atoms with Gasteiger partial charge in [0.1, 0.15) is 5.54 Å². The first-order chi connectivity index (χ1) is 8.62. The number of nitriles is 1. The summed E-state index contributed by atoms with van der Waals surface area (Å²) in [5.41, 5.74) is -0.885. The minimum atomic E-state index is -0.885. The second-order valence-electron chi connectivity index (χ2n) is 5.48. The Balaban J connectivity index is 4.40. The van der Waals surface area contributed by atoms with Gasteiger partial charge in [0.2, 0.25) is 11.8 Å². The first kappa shape index (κ1) is 17.4. The third kappa shape index (κ3) is 5.71. The van der Waals surface area contributed by atoms with Crippen LogP contribution in [0, 0.1) is 17.2 Å². The van der Waals surface area contributed by atoms with Crippen molar-refractivity contribution >= 4 is 11.8 Å². The van der Waals surface area contributed by atoms with Crippen molar-refractivity contribution in [3.8, 4) is 6.07 Å². The molecule has 0 rings (SSSR count). The SMILES string of the molecule is CC(C)C(C)(C#N)NC(=O)CN(C)CC(=O)N(C)C. The summed E-state index contributed by atoms with van der Waals surface area (Å²) in [6.45, 7) is 5.71. The lowest BCUT2D eigenvalue weighted by molar-refractivity contribution is -0.130. The van der Waals surface area contributed by atoms with E-state index in [1.165, 1.54) is 4.90 Å². The molecule has 1 atom stereocenters. The van der Waals surface area contributed by atoms with Crippen LogP contribution in [0.5, 0.6) is 0 Å². The first-order valence-corrected chi connectivity index (χ1v) is 6.23. The fourth-order valence-corrected chi connectivity index (χ4v) is 1.30. The highest BCUT2D eigenvalue weighted by molar-refractivity contribution is 5.81. The molecule has 19 heavy (non-hydrogen) atoms. The van der Waals surface area contributed by atoms with Gasteiger partial charge in [0.05, 0.1) is 19.2 Å². The number of amides is 2. The van der Waals surface area contributed by atoms with Crippen LogP contribution in [0.1, 0.15) is 20.8 Å². The highest BCUT2D eigenvalue weighted by Gasteiger charge is 2.30. The van der Waals surface area contributed by atoms with Gasteiger partial charge in [-0.15, -0.1) is 0 Å². The van der Waals surface area contributed by atoms with Crippen molar-refractivity contribution in [3.63, 3.8) is 0 Å². The highest BCUT2D eigenvalue weighted by Crippen LogP contribution is 2.14. The van der Waals surface area contributed by atoms with Crippen LogP contribution in [0.25, 0.3) is 0 Å². The Hall–Kier alpha value is -1.61. The van der Waals surface area contributed by atoms with Gasteiger partial charge in [-0.25, -0.2) is 0 Å². The number of likely N-dealkylation sites (N-methyl/N-ethyl adjacent to an activating group) is 2. The Bertz CT molecular complexity index is 373. The van der Waals surface area contributed by atoms with Crippen molar-refractivity contribution in [2.24, 2.45) is 5.92 Å². The molecule has 0 saturated carbocycles. The average Bonchev–Trinajstić information content (AvgIpc) is 2.27. The standard InChI is InChI=1S/C13H24N4O2/c1-10(2)13(3,9-14)15-11(18)7-17(6)8-12(19)16(4)5/h10H,7-8H2,1-6H3,(H,15,18). The van der Waals surface area contributed by atoms with Crippen LogP contribution in [-0.2, 0) is 9.59 Å². The Morgan fingerprint density at radius 1 is 1.26 bits per heavy atom. The summed E-state index contributed by atoms with van der Waals surface area (Å²) in [6, 6.07) is 2.12. The predicted octanol–water partition coefficient (Wildman–Crippen LogP) is 0.0609. The van der Waals surface area contributed by atoms with Crippen LogP contribution >= 0.6 is 0 Å². The highest BCUT2D eigenvalue weighted by atomic mass is 16.2. The topological polar surface area (TPSA) is 76.4 Å². The zero-order valence-corrected chi connectivity index (χ0v) is 12.6. The van der Waals surface area contributed by atoms with E-state index in [4.69, 9.17) is 5.26 Å². The maximum atomic E-state index is 11.9.